The molecule has 0 amide bonds. The fourth-order valence-corrected chi connectivity index (χ4v) is 3.07. The molecule has 0 radical (unpaired) electrons. The van der Waals surface area contributed by atoms with Crippen molar-refractivity contribution in [2.45, 2.75) is 45.4 Å². The van der Waals surface area contributed by atoms with E-state index < -0.39 is 0 Å². The number of rotatable bonds is 7. The predicted molar refractivity (Wildman–Crippen MR) is 84.3 cm³/mol. The largest absolute Gasteiger partial charge is 0.488 e. The third kappa shape index (κ3) is 4.29. The van der Waals surface area contributed by atoms with Crippen LogP contribution in [0.5, 0.6) is 5.75 Å². The van der Waals surface area contributed by atoms with Gasteiger partial charge in [0.05, 0.1) is 0 Å². The maximum Gasteiger partial charge on any atom is 0.127 e. The monoisotopic (exact) mass is 305 g/mol. The zero-order valence-corrected chi connectivity index (χ0v) is 13.0. The van der Waals surface area contributed by atoms with Crippen LogP contribution in [0.2, 0.25) is 0 Å². The SMILES string of the molecule is CCc1ccc(COc2cc(F)cc(CNC3CC3)c2)s1. The molecular weight excluding hydrogens is 285 g/mol. The molecule has 0 spiro atoms. The lowest BCUT2D eigenvalue weighted by Gasteiger charge is -2.08. The Morgan fingerprint density at radius 3 is 2.76 bits per heavy atom. The Labute approximate surface area is 129 Å². The van der Waals surface area contributed by atoms with Crippen molar-refractivity contribution >= 4 is 11.3 Å². The maximum absolute atomic E-state index is 13.6. The van der Waals surface area contributed by atoms with E-state index in [0.717, 1.165) is 12.0 Å². The summed E-state index contributed by atoms with van der Waals surface area (Å²) in [5, 5.41) is 3.39. The van der Waals surface area contributed by atoms with E-state index in [2.05, 4.69) is 24.4 Å². The van der Waals surface area contributed by atoms with Gasteiger partial charge in [0.15, 0.2) is 0 Å². The van der Waals surface area contributed by atoms with Gasteiger partial charge < -0.3 is 10.1 Å². The number of halogens is 1. The minimum Gasteiger partial charge on any atom is -0.488 e. The molecule has 1 N–H and O–H groups in total. The van der Waals surface area contributed by atoms with E-state index >= 15 is 0 Å². The van der Waals surface area contributed by atoms with E-state index in [-0.39, 0.29) is 5.82 Å². The Morgan fingerprint density at radius 1 is 1.24 bits per heavy atom. The molecule has 3 rings (SSSR count). The molecule has 1 heterocycles. The predicted octanol–water partition coefficient (Wildman–Crippen LogP) is 4.28. The second-order valence-corrected chi connectivity index (χ2v) is 6.71. The third-order valence-electron chi connectivity index (χ3n) is 3.55. The first-order valence-corrected chi connectivity index (χ1v) is 8.28. The molecule has 0 unspecified atom stereocenters. The molecule has 4 heteroatoms. The van der Waals surface area contributed by atoms with Gasteiger partial charge in [0.2, 0.25) is 0 Å². The van der Waals surface area contributed by atoms with Gasteiger partial charge in [-0.15, -0.1) is 11.3 Å². The molecule has 21 heavy (non-hydrogen) atoms. The summed E-state index contributed by atoms with van der Waals surface area (Å²) in [5.74, 6) is 0.370. The van der Waals surface area contributed by atoms with Gasteiger partial charge in [-0.25, -0.2) is 4.39 Å². The second-order valence-electron chi connectivity index (χ2n) is 5.46. The highest BCUT2D eigenvalue weighted by Crippen LogP contribution is 2.23. The number of hydrogen-bond acceptors (Lipinski definition) is 3. The van der Waals surface area contributed by atoms with Crippen molar-refractivity contribution in [2.75, 3.05) is 0 Å². The molecule has 0 bridgehead atoms. The smallest absolute Gasteiger partial charge is 0.127 e. The van der Waals surface area contributed by atoms with E-state index in [1.807, 2.05) is 6.07 Å². The molecular formula is C17H20FNOS. The Hall–Kier alpha value is -1.39. The second kappa shape index (κ2) is 6.58. The number of thiophene rings is 1. The molecule has 1 aliphatic rings. The average Bonchev–Trinajstić information content (AvgIpc) is 3.19. The fourth-order valence-electron chi connectivity index (χ4n) is 2.20. The first-order valence-electron chi connectivity index (χ1n) is 7.46. The van der Waals surface area contributed by atoms with Crippen molar-refractivity contribution in [2.24, 2.45) is 0 Å². The first kappa shape index (κ1) is 14.5. The van der Waals surface area contributed by atoms with Crippen LogP contribution in [-0.2, 0) is 19.6 Å². The van der Waals surface area contributed by atoms with Gasteiger partial charge in [0.25, 0.3) is 0 Å². The van der Waals surface area contributed by atoms with Crippen LogP contribution in [0.15, 0.2) is 30.3 Å². The number of hydrogen-bond donors (Lipinski definition) is 1. The van der Waals surface area contributed by atoms with Crippen LogP contribution < -0.4 is 10.1 Å². The molecule has 2 nitrogen and oxygen atoms in total. The normalized spacial score (nSPS) is 14.4. The van der Waals surface area contributed by atoms with Gasteiger partial charge in [0.1, 0.15) is 18.2 Å². The highest BCUT2D eigenvalue weighted by Gasteiger charge is 2.20. The van der Waals surface area contributed by atoms with E-state index in [9.17, 15) is 4.39 Å². The molecule has 0 atom stereocenters. The van der Waals surface area contributed by atoms with Crippen molar-refractivity contribution < 1.29 is 9.13 Å². The lowest BCUT2D eigenvalue weighted by atomic mass is 10.2. The molecule has 0 saturated heterocycles. The van der Waals surface area contributed by atoms with Gasteiger partial charge in [-0.3, -0.25) is 0 Å². The highest BCUT2D eigenvalue weighted by atomic mass is 32.1. The van der Waals surface area contributed by atoms with Crippen LogP contribution in [0.1, 0.15) is 35.1 Å². The summed E-state index contributed by atoms with van der Waals surface area (Å²) in [5.41, 5.74) is 0.942. The van der Waals surface area contributed by atoms with Crippen LogP contribution in [0, 0.1) is 5.82 Å². The molecule has 0 aliphatic heterocycles. The fraction of sp³-hybridized carbons (Fsp3) is 0.412. The lowest BCUT2D eigenvalue weighted by Crippen LogP contribution is -2.15. The van der Waals surface area contributed by atoms with E-state index in [1.165, 1.54) is 28.7 Å². The van der Waals surface area contributed by atoms with Gasteiger partial charge in [-0.2, -0.15) is 0 Å². The van der Waals surface area contributed by atoms with Crippen LogP contribution >= 0.6 is 11.3 Å². The summed E-state index contributed by atoms with van der Waals surface area (Å²) in [6.07, 6.45) is 3.51. The molecule has 112 valence electrons. The van der Waals surface area contributed by atoms with Crippen molar-refractivity contribution in [3.63, 3.8) is 0 Å². The van der Waals surface area contributed by atoms with Crippen LogP contribution in [0.3, 0.4) is 0 Å². The van der Waals surface area contributed by atoms with E-state index in [0.29, 0.717) is 24.9 Å². The highest BCUT2D eigenvalue weighted by molar-refractivity contribution is 7.11. The standard InChI is InChI=1S/C17H20FNOS/c1-2-16-5-6-17(21-16)11-20-15-8-12(7-13(18)9-15)10-19-14-3-4-14/h5-9,14,19H,2-4,10-11H2,1H3. The number of nitrogens with one attached hydrogen (secondary N) is 1. The Kier molecular flexibility index (Phi) is 4.56. The summed E-state index contributed by atoms with van der Waals surface area (Å²) in [4.78, 5) is 2.52. The van der Waals surface area contributed by atoms with Crippen LogP contribution in [0.25, 0.3) is 0 Å². The Morgan fingerprint density at radius 2 is 2.05 bits per heavy atom. The minimum atomic E-state index is -0.236. The molecule has 1 fully saturated rings. The number of ether oxygens (including phenoxy) is 1. The maximum atomic E-state index is 13.6. The summed E-state index contributed by atoms with van der Waals surface area (Å²) in [7, 11) is 0. The summed E-state index contributed by atoms with van der Waals surface area (Å²) >= 11 is 1.75. The zero-order valence-electron chi connectivity index (χ0n) is 12.2. The minimum absolute atomic E-state index is 0.236. The Balaban J connectivity index is 1.60. The summed E-state index contributed by atoms with van der Waals surface area (Å²) in [6.45, 7) is 3.35. The van der Waals surface area contributed by atoms with Crippen LogP contribution in [0.4, 0.5) is 4.39 Å². The number of aryl methyl sites for hydroxylation is 1. The van der Waals surface area contributed by atoms with Crippen molar-refractivity contribution in [3.05, 3.63) is 51.5 Å². The van der Waals surface area contributed by atoms with Gasteiger partial charge in [-0.1, -0.05) is 6.92 Å². The van der Waals surface area contributed by atoms with Crippen molar-refractivity contribution in [3.8, 4) is 5.75 Å². The zero-order chi connectivity index (χ0) is 14.7. The summed E-state index contributed by atoms with van der Waals surface area (Å²) in [6, 6.07) is 9.78. The van der Waals surface area contributed by atoms with Gasteiger partial charge >= 0.3 is 0 Å². The third-order valence-corrected chi connectivity index (χ3v) is 4.75. The van der Waals surface area contributed by atoms with Gasteiger partial charge in [-0.05, 0) is 49.1 Å². The average molecular weight is 305 g/mol. The van der Waals surface area contributed by atoms with Crippen molar-refractivity contribution in [1.29, 1.82) is 0 Å². The molecule has 1 saturated carbocycles. The lowest BCUT2D eigenvalue weighted by molar-refractivity contribution is 0.307. The van der Waals surface area contributed by atoms with E-state index in [4.69, 9.17) is 4.74 Å². The molecule has 1 aliphatic carbocycles. The van der Waals surface area contributed by atoms with Crippen molar-refractivity contribution in [1.82, 2.24) is 5.32 Å². The Bertz CT molecular complexity index is 607. The molecule has 1 aromatic carbocycles. The van der Waals surface area contributed by atoms with Gasteiger partial charge in [0, 0.05) is 28.4 Å². The van der Waals surface area contributed by atoms with Crippen LogP contribution in [-0.4, -0.2) is 6.04 Å². The molecule has 2 aromatic rings. The summed E-state index contributed by atoms with van der Waals surface area (Å²) < 4.78 is 19.4. The molecule has 1 aromatic heterocycles. The van der Waals surface area contributed by atoms with E-state index in [1.54, 1.807) is 17.4 Å². The topological polar surface area (TPSA) is 21.3 Å². The quantitative estimate of drug-likeness (QED) is 0.824. The number of benzene rings is 1. The first-order chi connectivity index (χ1) is 10.2.